The summed E-state index contributed by atoms with van der Waals surface area (Å²) in [6.45, 7) is 5.23. The van der Waals surface area contributed by atoms with Crippen LogP contribution in [0.3, 0.4) is 0 Å². The number of nitrogens with one attached hydrogen (secondary N) is 1. The molecular formula is C21H24N4O3. The first kappa shape index (κ1) is 18.5. The maximum Gasteiger partial charge on any atom is 0.261 e. The van der Waals surface area contributed by atoms with Crippen molar-refractivity contribution in [1.29, 1.82) is 0 Å². The van der Waals surface area contributed by atoms with Crippen molar-refractivity contribution in [1.82, 2.24) is 20.4 Å². The quantitative estimate of drug-likeness (QED) is 0.701. The Kier molecular flexibility index (Phi) is 5.55. The molecule has 7 heteroatoms. The van der Waals surface area contributed by atoms with Crippen LogP contribution in [-0.2, 0) is 0 Å². The van der Waals surface area contributed by atoms with Gasteiger partial charge in [0, 0.05) is 19.6 Å². The monoisotopic (exact) mass is 380 g/mol. The van der Waals surface area contributed by atoms with Crippen molar-refractivity contribution in [3.63, 3.8) is 0 Å². The van der Waals surface area contributed by atoms with Gasteiger partial charge in [0.1, 0.15) is 5.75 Å². The largest absolute Gasteiger partial charge is 0.490 e. The van der Waals surface area contributed by atoms with Gasteiger partial charge >= 0.3 is 0 Å². The average molecular weight is 380 g/mol. The summed E-state index contributed by atoms with van der Waals surface area (Å²) in [6, 6.07) is 15.3. The van der Waals surface area contributed by atoms with Gasteiger partial charge in [0.2, 0.25) is 0 Å². The zero-order valence-electron chi connectivity index (χ0n) is 16.1. The van der Waals surface area contributed by atoms with Crippen LogP contribution in [0, 0.1) is 0 Å². The number of para-hydroxylation sites is 3. The lowest BCUT2D eigenvalue weighted by Gasteiger charge is -2.30. The van der Waals surface area contributed by atoms with Gasteiger partial charge in [-0.1, -0.05) is 29.4 Å². The molecule has 1 aliphatic rings. The van der Waals surface area contributed by atoms with E-state index >= 15 is 0 Å². The summed E-state index contributed by atoms with van der Waals surface area (Å²) in [4.78, 5) is 6.87. The Balaban J connectivity index is 1.62. The van der Waals surface area contributed by atoms with E-state index in [0.717, 1.165) is 25.2 Å². The Morgan fingerprint density at radius 3 is 2.64 bits per heavy atom. The minimum absolute atomic E-state index is 0.0954. The van der Waals surface area contributed by atoms with Gasteiger partial charge < -0.3 is 19.3 Å². The Bertz CT molecular complexity index is 927. The summed E-state index contributed by atoms with van der Waals surface area (Å²) in [5, 5.41) is 7.59. The second-order valence-corrected chi connectivity index (χ2v) is 6.64. The van der Waals surface area contributed by atoms with Crippen molar-refractivity contribution in [3.8, 4) is 28.7 Å². The highest BCUT2D eigenvalue weighted by atomic mass is 16.5. The molecule has 2 heterocycles. The number of nitrogens with zero attached hydrogens (tertiary/aromatic N) is 3. The molecule has 1 aromatic heterocycles. The van der Waals surface area contributed by atoms with Gasteiger partial charge in [-0.3, -0.25) is 4.90 Å². The third-order valence-corrected chi connectivity index (χ3v) is 4.74. The molecule has 1 atom stereocenters. The molecule has 1 saturated heterocycles. The zero-order valence-corrected chi connectivity index (χ0v) is 16.1. The highest BCUT2D eigenvalue weighted by molar-refractivity contribution is 5.63. The summed E-state index contributed by atoms with van der Waals surface area (Å²) in [7, 11) is 2.07. The fourth-order valence-corrected chi connectivity index (χ4v) is 3.23. The minimum Gasteiger partial charge on any atom is -0.490 e. The fourth-order valence-electron chi connectivity index (χ4n) is 3.23. The van der Waals surface area contributed by atoms with E-state index in [2.05, 4.69) is 27.4 Å². The predicted octanol–water partition coefficient (Wildman–Crippen LogP) is 3.50. The van der Waals surface area contributed by atoms with E-state index in [4.69, 9.17) is 14.0 Å². The zero-order chi connectivity index (χ0) is 19.3. The van der Waals surface area contributed by atoms with Crippen molar-refractivity contribution in [3.05, 3.63) is 54.4 Å². The number of rotatable bonds is 6. The molecule has 28 heavy (non-hydrogen) atoms. The lowest BCUT2D eigenvalue weighted by molar-refractivity contribution is 0.190. The molecule has 1 N–H and O–H groups in total. The van der Waals surface area contributed by atoms with Crippen molar-refractivity contribution < 1.29 is 14.0 Å². The van der Waals surface area contributed by atoms with Crippen molar-refractivity contribution >= 4 is 0 Å². The SMILES string of the molecule is CCOc1ccccc1Oc1ccccc1-c1nc(C2CNCCN2C)no1. The van der Waals surface area contributed by atoms with Gasteiger partial charge in [0.25, 0.3) is 5.89 Å². The van der Waals surface area contributed by atoms with Crippen LogP contribution in [-0.4, -0.2) is 48.3 Å². The molecule has 3 aromatic rings. The number of benzene rings is 2. The highest BCUT2D eigenvalue weighted by Crippen LogP contribution is 2.36. The lowest BCUT2D eigenvalue weighted by atomic mass is 10.2. The van der Waals surface area contributed by atoms with Crippen LogP contribution in [0.25, 0.3) is 11.5 Å². The van der Waals surface area contributed by atoms with Gasteiger partial charge in [0.15, 0.2) is 17.3 Å². The first-order chi connectivity index (χ1) is 13.8. The Morgan fingerprint density at radius 1 is 1.11 bits per heavy atom. The number of hydrogen-bond donors (Lipinski definition) is 1. The minimum atomic E-state index is 0.0954. The number of likely N-dealkylation sites (N-methyl/N-ethyl adjacent to an activating group) is 1. The smallest absolute Gasteiger partial charge is 0.261 e. The normalized spacial score (nSPS) is 17.4. The van der Waals surface area contributed by atoms with Gasteiger partial charge in [-0.2, -0.15) is 4.98 Å². The molecule has 7 nitrogen and oxygen atoms in total. The second-order valence-electron chi connectivity index (χ2n) is 6.64. The average Bonchev–Trinajstić information content (AvgIpc) is 3.20. The van der Waals surface area contributed by atoms with Gasteiger partial charge in [-0.25, -0.2) is 0 Å². The van der Waals surface area contributed by atoms with Crippen LogP contribution >= 0.6 is 0 Å². The molecule has 146 valence electrons. The van der Waals surface area contributed by atoms with Crippen LogP contribution in [0.5, 0.6) is 17.2 Å². The van der Waals surface area contributed by atoms with Crippen LogP contribution in [0.1, 0.15) is 18.8 Å². The standard InChI is InChI=1S/C21H24N4O3/c1-3-26-18-10-6-7-11-19(18)27-17-9-5-4-8-15(17)21-23-20(24-28-21)16-14-22-12-13-25(16)2/h4-11,16,22H,3,12-14H2,1-2H3. The van der Waals surface area contributed by atoms with Crippen LogP contribution in [0.4, 0.5) is 0 Å². The van der Waals surface area contributed by atoms with Crippen molar-refractivity contribution in [2.75, 3.05) is 33.3 Å². The molecule has 0 saturated carbocycles. The second kappa shape index (κ2) is 8.41. The molecule has 0 bridgehead atoms. The van der Waals surface area contributed by atoms with Crippen molar-refractivity contribution in [2.45, 2.75) is 13.0 Å². The number of aromatic nitrogens is 2. The maximum atomic E-state index is 6.15. The Labute approximate surface area is 164 Å². The molecule has 1 fully saturated rings. The van der Waals surface area contributed by atoms with Gasteiger partial charge in [-0.15, -0.1) is 0 Å². The summed E-state index contributed by atoms with van der Waals surface area (Å²) in [5.41, 5.74) is 0.749. The van der Waals surface area contributed by atoms with Crippen LogP contribution in [0.15, 0.2) is 53.1 Å². The van der Waals surface area contributed by atoms with Crippen LogP contribution in [0.2, 0.25) is 0 Å². The number of ether oxygens (including phenoxy) is 2. The first-order valence-electron chi connectivity index (χ1n) is 9.50. The highest BCUT2D eigenvalue weighted by Gasteiger charge is 2.26. The van der Waals surface area contributed by atoms with Gasteiger partial charge in [0.05, 0.1) is 18.2 Å². The summed E-state index contributed by atoms with van der Waals surface area (Å²) in [5.74, 6) is 3.10. The molecule has 0 aliphatic carbocycles. The Hall–Kier alpha value is -2.90. The van der Waals surface area contributed by atoms with Crippen molar-refractivity contribution in [2.24, 2.45) is 0 Å². The molecular weight excluding hydrogens is 356 g/mol. The number of piperazine rings is 1. The fraction of sp³-hybridized carbons (Fsp3) is 0.333. The summed E-state index contributed by atoms with van der Waals surface area (Å²) < 4.78 is 17.4. The predicted molar refractivity (Wildman–Crippen MR) is 106 cm³/mol. The molecule has 0 amide bonds. The van der Waals surface area contributed by atoms with Gasteiger partial charge in [-0.05, 0) is 38.2 Å². The molecule has 1 unspecified atom stereocenters. The molecule has 2 aromatic carbocycles. The topological polar surface area (TPSA) is 72.7 Å². The lowest BCUT2D eigenvalue weighted by Crippen LogP contribution is -2.44. The van der Waals surface area contributed by atoms with Crippen LogP contribution < -0.4 is 14.8 Å². The van der Waals surface area contributed by atoms with E-state index < -0.39 is 0 Å². The third-order valence-electron chi connectivity index (χ3n) is 4.74. The van der Waals surface area contributed by atoms with E-state index in [1.54, 1.807) is 0 Å². The van der Waals surface area contributed by atoms with E-state index in [1.165, 1.54) is 0 Å². The number of hydrogen-bond acceptors (Lipinski definition) is 7. The van der Waals surface area contributed by atoms with E-state index in [1.807, 2.05) is 55.5 Å². The molecule has 0 spiro atoms. The third kappa shape index (κ3) is 3.85. The van der Waals surface area contributed by atoms with E-state index in [-0.39, 0.29) is 6.04 Å². The van der Waals surface area contributed by atoms with E-state index in [9.17, 15) is 0 Å². The summed E-state index contributed by atoms with van der Waals surface area (Å²) in [6.07, 6.45) is 0. The molecule has 1 aliphatic heterocycles. The first-order valence-corrected chi connectivity index (χ1v) is 9.50. The molecule has 4 rings (SSSR count). The summed E-state index contributed by atoms with van der Waals surface area (Å²) >= 11 is 0. The maximum absolute atomic E-state index is 6.15. The molecule has 0 radical (unpaired) electrons. The Morgan fingerprint density at radius 2 is 1.86 bits per heavy atom. The van der Waals surface area contributed by atoms with E-state index in [0.29, 0.717) is 35.6 Å².